The number of nitrogens with zero attached hydrogens (tertiary/aromatic N) is 1. The fourth-order valence-electron chi connectivity index (χ4n) is 2.40. The van der Waals surface area contributed by atoms with Crippen LogP contribution in [-0.4, -0.2) is 16.8 Å². The van der Waals surface area contributed by atoms with E-state index in [2.05, 4.69) is 0 Å². The highest BCUT2D eigenvalue weighted by Gasteiger charge is 2.13. The van der Waals surface area contributed by atoms with E-state index in [0.717, 1.165) is 10.3 Å². The lowest BCUT2D eigenvalue weighted by molar-refractivity contribution is -0.118. The molecule has 0 N–H and O–H groups in total. The molecule has 0 fully saturated rings. The number of rotatable bonds is 5. The van der Waals surface area contributed by atoms with E-state index in [4.69, 9.17) is 4.74 Å². The van der Waals surface area contributed by atoms with Gasteiger partial charge in [0.15, 0.2) is 5.78 Å². The van der Waals surface area contributed by atoms with Crippen LogP contribution in [0.15, 0.2) is 53.3 Å². The Morgan fingerprint density at radius 2 is 1.86 bits per heavy atom. The van der Waals surface area contributed by atoms with Crippen LogP contribution in [0, 0.1) is 0 Å². The van der Waals surface area contributed by atoms with Gasteiger partial charge in [0, 0.05) is 12.0 Å². The fraction of sp³-hybridized carbons (Fsp3) is 0.176. The third-order valence-corrected chi connectivity index (χ3v) is 4.52. The summed E-state index contributed by atoms with van der Waals surface area (Å²) in [6.07, 6.45) is 0.255. The zero-order valence-electron chi connectivity index (χ0n) is 12.1. The van der Waals surface area contributed by atoms with Crippen LogP contribution < -0.4 is 10.3 Å². The van der Waals surface area contributed by atoms with Crippen molar-refractivity contribution in [3.05, 3.63) is 64.4 Å². The second-order valence-corrected chi connectivity index (χ2v) is 6.02. The highest BCUT2D eigenvalue weighted by molar-refractivity contribution is 7.13. The van der Waals surface area contributed by atoms with E-state index in [1.54, 1.807) is 13.2 Å². The number of ketones is 1. The molecule has 2 aromatic carbocycles. The average Bonchev–Trinajstić information content (AvgIpc) is 2.84. The van der Waals surface area contributed by atoms with Crippen molar-refractivity contribution in [2.45, 2.75) is 13.0 Å². The highest BCUT2D eigenvalue weighted by atomic mass is 32.1. The van der Waals surface area contributed by atoms with E-state index in [1.807, 2.05) is 42.5 Å². The van der Waals surface area contributed by atoms with Crippen molar-refractivity contribution in [2.75, 3.05) is 7.11 Å². The first-order valence-corrected chi connectivity index (χ1v) is 7.69. The molecule has 0 aliphatic carbocycles. The van der Waals surface area contributed by atoms with Gasteiger partial charge in [0.1, 0.15) is 5.75 Å². The first-order valence-electron chi connectivity index (χ1n) is 6.91. The number of Topliss-reactive ketones (excluding diaryl/α,β-unsaturated/α-hetero) is 1. The molecule has 3 rings (SSSR count). The molecule has 0 atom stereocenters. The summed E-state index contributed by atoms with van der Waals surface area (Å²) in [4.78, 5) is 24.5. The molecule has 0 spiro atoms. The lowest BCUT2D eigenvalue weighted by Crippen LogP contribution is -2.20. The Hall–Kier alpha value is -2.40. The van der Waals surface area contributed by atoms with Crippen molar-refractivity contribution in [1.82, 2.24) is 3.96 Å². The first-order chi connectivity index (χ1) is 10.7. The molecule has 0 aliphatic heterocycles. The lowest BCUT2D eigenvalue weighted by atomic mass is 10.1. The van der Waals surface area contributed by atoms with Gasteiger partial charge in [0.2, 0.25) is 0 Å². The third-order valence-electron chi connectivity index (χ3n) is 3.45. The summed E-state index contributed by atoms with van der Waals surface area (Å²) >= 11 is 1.32. The van der Waals surface area contributed by atoms with Crippen molar-refractivity contribution in [2.24, 2.45) is 0 Å². The van der Waals surface area contributed by atoms with Gasteiger partial charge in [0.25, 0.3) is 5.56 Å². The summed E-state index contributed by atoms with van der Waals surface area (Å²) < 4.78 is 7.67. The number of ether oxygens (including phenoxy) is 1. The topological polar surface area (TPSA) is 48.3 Å². The molecule has 112 valence electrons. The number of hydrogen-bond acceptors (Lipinski definition) is 4. The van der Waals surface area contributed by atoms with Crippen molar-refractivity contribution in [3.8, 4) is 5.75 Å². The molecule has 4 nitrogen and oxygen atoms in total. The number of aromatic nitrogens is 1. The molecule has 1 aromatic heterocycles. The van der Waals surface area contributed by atoms with Gasteiger partial charge < -0.3 is 4.74 Å². The summed E-state index contributed by atoms with van der Waals surface area (Å²) in [5.41, 5.74) is 0.734. The van der Waals surface area contributed by atoms with Crippen LogP contribution in [0.3, 0.4) is 0 Å². The summed E-state index contributed by atoms with van der Waals surface area (Å²) in [5, 5.41) is 0.664. The van der Waals surface area contributed by atoms with Gasteiger partial charge in [-0.3, -0.25) is 13.5 Å². The van der Waals surface area contributed by atoms with Gasteiger partial charge in [-0.1, -0.05) is 41.9 Å². The Balaban J connectivity index is 1.81. The number of carbonyl (C=O) groups is 1. The normalized spacial score (nSPS) is 10.8. The minimum absolute atomic E-state index is 0.0156. The fourth-order valence-corrected chi connectivity index (χ4v) is 3.42. The van der Waals surface area contributed by atoms with E-state index < -0.39 is 0 Å². The highest BCUT2D eigenvalue weighted by Crippen LogP contribution is 2.19. The molecule has 0 unspecified atom stereocenters. The molecular formula is C17H15NO3S. The van der Waals surface area contributed by atoms with Crippen LogP contribution in [0.2, 0.25) is 0 Å². The molecule has 3 aromatic rings. The maximum absolute atomic E-state index is 12.3. The number of carbonyl (C=O) groups excluding carboxylic acids is 1. The molecule has 0 amide bonds. The van der Waals surface area contributed by atoms with E-state index in [-0.39, 0.29) is 24.3 Å². The predicted molar refractivity (Wildman–Crippen MR) is 87.8 cm³/mol. The summed E-state index contributed by atoms with van der Waals surface area (Å²) in [6, 6.07) is 14.8. The minimum atomic E-state index is -0.103. The van der Waals surface area contributed by atoms with Gasteiger partial charge >= 0.3 is 0 Å². The van der Waals surface area contributed by atoms with Gasteiger partial charge in [-0.25, -0.2) is 0 Å². The second kappa shape index (κ2) is 6.15. The Morgan fingerprint density at radius 3 is 2.64 bits per heavy atom. The van der Waals surface area contributed by atoms with Crippen LogP contribution in [0.1, 0.15) is 5.56 Å². The van der Waals surface area contributed by atoms with Gasteiger partial charge in [-0.15, -0.1) is 0 Å². The largest absolute Gasteiger partial charge is 0.496 e. The average molecular weight is 313 g/mol. The predicted octanol–water partition coefficient (Wildman–Crippen LogP) is 2.88. The van der Waals surface area contributed by atoms with Gasteiger partial charge in [0.05, 0.1) is 23.7 Å². The SMILES string of the molecule is COc1ccccc1CC(=O)Cn1sc2ccccc2c1=O. The maximum Gasteiger partial charge on any atom is 0.268 e. The van der Waals surface area contributed by atoms with Gasteiger partial charge in [-0.2, -0.15) is 0 Å². The monoisotopic (exact) mass is 313 g/mol. The third kappa shape index (κ3) is 2.80. The van der Waals surface area contributed by atoms with Crippen molar-refractivity contribution in [3.63, 3.8) is 0 Å². The molecule has 0 radical (unpaired) electrons. The summed E-state index contributed by atoms with van der Waals surface area (Å²) in [7, 11) is 1.58. The maximum atomic E-state index is 12.3. The molecule has 22 heavy (non-hydrogen) atoms. The van der Waals surface area contributed by atoms with Crippen LogP contribution in [0.25, 0.3) is 10.1 Å². The standard InChI is InChI=1S/C17H15NO3S/c1-21-15-8-4-2-6-12(15)10-13(19)11-18-17(20)14-7-3-5-9-16(14)22-18/h2-9H,10-11H2,1H3. The van der Waals surface area contributed by atoms with E-state index in [9.17, 15) is 9.59 Å². The van der Waals surface area contributed by atoms with E-state index >= 15 is 0 Å². The van der Waals surface area contributed by atoms with Crippen molar-refractivity contribution in [1.29, 1.82) is 0 Å². The number of benzene rings is 2. The Labute approximate surface area is 131 Å². The zero-order valence-corrected chi connectivity index (χ0v) is 12.9. The van der Waals surface area contributed by atoms with Crippen LogP contribution in [0.4, 0.5) is 0 Å². The minimum Gasteiger partial charge on any atom is -0.496 e. The lowest BCUT2D eigenvalue weighted by Gasteiger charge is -2.07. The molecule has 0 bridgehead atoms. The molecule has 1 heterocycles. The van der Waals surface area contributed by atoms with Crippen LogP contribution >= 0.6 is 11.5 Å². The quantitative estimate of drug-likeness (QED) is 0.728. The summed E-state index contributed by atoms with van der Waals surface area (Å²) in [6.45, 7) is 0.0935. The van der Waals surface area contributed by atoms with Crippen molar-refractivity contribution >= 4 is 27.4 Å². The van der Waals surface area contributed by atoms with E-state index in [1.165, 1.54) is 15.5 Å². The number of methoxy groups -OCH3 is 1. The number of para-hydroxylation sites is 1. The molecule has 0 aliphatic rings. The smallest absolute Gasteiger partial charge is 0.268 e. The molecule has 0 saturated carbocycles. The van der Waals surface area contributed by atoms with Gasteiger partial charge in [-0.05, 0) is 18.2 Å². The van der Waals surface area contributed by atoms with Crippen LogP contribution in [0.5, 0.6) is 5.75 Å². The number of fused-ring (bicyclic) bond motifs is 1. The number of hydrogen-bond donors (Lipinski definition) is 0. The Bertz CT molecular complexity index is 879. The first kappa shape index (κ1) is 14.5. The van der Waals surface area contributed by atoms with E-state index in [0.29, 0.717) is 11.1 Å². The second-order valence-electron chi connectivity index (χ2n) is 4.96. The Morgan fingerprint density at radius 1 is 1.14 bits per heavy atom. The molecule has 5 heteroatoms. The summed E-state index contributed by atoms with van der Waals surface area (Å²) in [5.74, 6) is 0.678. The molecule has 0 saturated heterocycles. The zero-order chi connectivity index (χ0) is 15.5. The molecular weight excluding hydrogens is 298 g/mol. The van der Waals surface area contributed by atoms with Crippen molar-refractivity contribution < 1.29 is 9.53 Å². The Kier molecular flexibility index (Phi) is 4.06. The van der Waals surface area contributed by atoms with Crippen LogP contribution in [-0.2, 0) is 17.8 Å².